The zero-order chi connectivity index (χ0) is 13.9. The van der Waals surface area contributed by atoms with E-state index in [0.29, 0.717) is 30.9 Å². The fourth-order valence-corrected chi connectivity index (χ4v) is 3.00. The molecule has 1 aromatic rings. The second-order valence-electron chi connectivity index (χ2n) is 5.53. The highest BCUT2D eigenvalue weighted by Crippen LogP contribution is 2.25. The summed E-state index contributed by atoms with van der Waals surface area (Å²) in [6, 6.07) is 5.42. The highest BCUT2D eigenvalue weighted by molar-refractivity contribution is 6.05. The van der Waals surface area contributed by atoms with Gasteiger partial charge in [0.15, 0.2) is 5.78 Å². The van der Waals surface area contributed by atoms with Crippen LogP contribution in [0.5, 0.6) is 0 Å². The number of ether oxygens (including phenoxy) is 1. The van der Waals surface area contributed by atoms with Crippen LogP contribution in [0.4, 0.5) is 0 Å². The third kappa shape index (κ3) is 2.61. The average Bonchev–Trinajstić information content (AvgIpc) is 3.09. The lowest BCUT2D eigenvalue weighted by molar-refractivity contribution is 0.0948. The van der Waals surface area contributed by atoms with Crippen molar-refractivity contribution in [2.75, 3.05) is 19.8 Å². The summed E-state index contributed by atoms with van der Waals surface area (Å²) in [7, 11) is 0. The van der Waals surface area contributed by atoms with Crippen molar-refractivity contribution in [2.24, 2.45) is 5.92 Å². The molecule has 1 saturated heterocycles. The summed E-state index contributed by atoms with van der Waals surface area (Å²) in [6.07, 6.45) is 3.26. The Morgan fingerprint density at radius 3 is 3.05 bits per heavy atom. The maximum absolute atomic E-state index is 12.2. The zero-order valence-electron chi connectivity index (χ0n) is 11.5. The molecule has 1 amide bonds. The number of Topliss-reactive ketones (excluding diaryl/α,β-unsaturated/α-hetero) is 1. The van der Waals surface area contributed by atoms with Crippen LogP contribution in [-0.4, -0.2) is 31.4 Å². The Bertz CT molecular complexity index is 533. The molecule has 1 aliphatic carbocycles. The normalized spacial score (nSPS) is 21.0. The number of ketones is 1. The monoisotopic (exact) mass is 273 g/mol. The molecule has 106 valence electrons. The van der Waals surface area contributed by atoms with E-state index in [1.165, 1.54) is 0 Å². The van der Waals surface area contributed by atoms with Gasteiger partial charge in [-0.15, -0.1) is 0 Å². The number of carbonyl (C=O) groups excluding carboxylic acids is 2. The van der Waals surface area contributed by atoms with Gasteiger partial charge >= 0.3 is 0 Å². The van der Waals surface area contributed by atoms with E-state index >= 15 is 0 Å². The van der Waals surface area contributed by atoms with Crippen molar-refractivity contribution in [1.29, 1.82) is 0 Å². The molecule has 1 heterocycles. The van der Waals surface area contributed by atoms with Crippen molar-refractivity contribution < 1.29 is 14.3 Å². The Hall–Kier alpha value is -1.68. The van der Waals surface area contributed by atoms with Gasteiger partial charge in [0.1, 0.15) is 0 Å². The van der Waals surface area contributed by atoms with Gasteiger partial charge in [0.2, 0.25) is 0 Å². The number of fused-ring (bicyclic) bond motifs is 1. The summed E-state index contributed by atoms with van der Waals surface area (Å²) in [5.41, 5.74) is 2.30. The molecule has 0 spiro atoms. The van der Waals surface area contributed by atoms with Crippen LogP contribution in [0.2, 0.25) is 0 Å². The van der Waals surface area contributed by atoms with Crippen LogP contribution >= 0.6 is 0 Å². The predicted octanol–water partition coefficient (Wildman–Crippen LogP) is 1.97. The minimum Gasteiger partial charge on any atom is -0.381 e. The molecule has 20 heavy (non-hydrogen) atoms. The molecule has 1 unspecified atom stereocenters. The Kier molecular flexibility index (Phi) is 3.83. The van der Waals surface area contributed by atoms with Gasteiger partial charge in [0.25, 0.3) is 5.91 Å². The summed E-state index contributed by atoms with van der Waals surface area (Å²) < 4.78 is 5.32. The van der Waals surface area contributed by atoms with Crippen molar-refractivity contribution in [2.45, 2.75) is 25.7 Å². The molecular weight excluding hydrogens is 254 g/mol. The summed E-state index contributed by atoms with van der Waals surface area (Å²) in [4.78, 5) is 23.9. The smallest absolute Gasteiger partial charge is 0.251 e. The van der Waals surface area contributed by atoms with Gasteiger partial charge in [-0.1, -0.05) is 12.1 Å². The van der Waals surface area contributed by atoms with Crippen molar-refractivity contribution >= 4 is 11.7 Å². The van der Waals surface area contributed by atoms with Gasteiger partial charge < -0.3 is 10.1 Å². The molecular formula is C16H19NO3. The average molecular weight is 273 g/mol. The third-order valence-electron chi connectivity index (χ3n) is 4.19. The van der Waals surface area contributed by atoms with Gasteiger partial charge in [-0.25, -0.2) is 0 Å². The fourth-order valence-electron chi connectivity index (χ4n) is 3.00. The van der Waals surface area contributed by atoms with Gasteiger partial charge in [0.05, 0.1) is 0 Å². The maximum atomic E-state index is 12.2. The first-order valence-electron chi connectivity index (χ1n) is 7.27. The van der Waals surface area contributed by atoms with Crippen molar-refractivity contribution in [3.05, 3.63) is 34.9 Å². The van der Waals surface area contributed by atoms with E-state index in [0.717, 1.165) is 37.2 Å². The molecule has 2 aliphatic rings. The minimum absolute atomic E-state index is 0.0598. The Labute approximate surface area is 118 Å². The van der Waals surface area contributed by atoms with Crippen LogP contribution in [0.25, 0.3) is 0 Å². The number of hydrogen-bond donors (Lipinski definition) is 1. The molecule has 0 radical (unpaired) electrons. The van der Waals surface area contributed by atoms with Crippen LogP contribution in [0.1, 0.15) is 45.5 Å². The Morgan fingerprint density at radius 1 is 1.35 bits per heavy atom. The number of nitrogens with one attached hydrogen (secondary N) is 1. The molecule has 1 atom stereocenters. The molecule has 0 saturated carbocycles. The van der Waals surface area contributed by atoms with Gasteiger partial charge in [0, 0.05) is 37.3 Å². The van der Waals surface area contributed by atoms with E-state index in [4.69, 9.17) is 4.74 Å². The standard InChI is InChI=1S/C16H19NO3/c18-15-5-4-12-13(15)2-1-3-14(12)16(19)17-8-6-11-7-9-20-10-11/h1-3,11H,4-10H2,(H,17,19). The van der Waals surface area contributed by atoms with E-state index in [1.54, 1.807) is 6.07 Å². The molecule has 4 heteroatoms. The topological polar surface area (TPSA) is 55.4 Å². The number of carbonyl (C=O) groups is 2. The van der Waals surface area contributed by atoms with Crippen LogP contribution < -0.4 is 5.32 Å². The second-order valence-corrected chi connectivity index (χ2v) is 5.53. The van der Waals surface area contributed by atoms with Gasteiger partial charge in [-0.05, 0) is 36.8 Å². The Balaban J connectivity index is 1.61. The Morgan fingerprint density at radius 2 is 2.25 bits per heavy atom. The summed E-state index contributed by atoms with van der Waals surface area (Å²) in [5.74, 6) is 0.659. The molecule has 0 aromatic heterocycles. The lowest BCUT2D eigenvalue weighted by Gasteiger charge is -2.11. The van der Waals surface area contributed by atoms with E-state index in [1.807, 2.05) is 12.1 Å². The van der Waals surface area contributed by atoms with E-state index in [-0.39, 0.29) is 11.7 Å². The van der Waals surface area contributed by atoms with Gasteiger partial charge in [-0.2, -0.15) is 0 Å². The number of amides is 1. The summed E-state index contributed by atoms with van der Waals surface area (Å²) in [5, 5.41) is 2.96. The number of rotatable bonds is 4. The molecule has 4 nitrogen and oxygen atoms in total. The maximum Gasteiger partial charge on any atom is 0.251 e. The first-order chi connectivity index (χ1) is 9.75. The van der Waals surface area contributed by atoms with Crippen molar-refractivity contribution in [3.63, 3.8) is 0 Å². The van der Waals surface area contributed by atoms with Crippen LogP contribution in [0.3, 0.4) is 0 Å². The number of benzene rings is 1. The third-order valence-corrected chi connectivity index (χ3v) is 4.19. The molecule has 1 aliphatic heterocycles. The lowest BCUT2D eigenvalue weighted by Crippen LogP contribution is -2.27. The highest BCUT2D eigenvalue weighted by atomic mass is 16.5. The SMILES string of the molecule is O=C1CCc2c1cccc2C(=O)NCCC1CCOC1. The predicted molar refractivity (Wildman–Crippen MR) is 75.0 cm³/mol. The molecule has 3 rings (SSSR count). The first kappa shape index (κ1) is 13.3. The molecule has 0 bridgehead atoms. The lowest BCUT2D eigenvalue weighted by atomic mass is 10.0. The van der Waals surface area contributed by atoms with E-state index in [2.05, 4.69) is 5.32 Å². The second kappa shape index (κ2) is 5.75. The van der Waals surface area contributed by atoms with E-state index < -0.39 is 0 Å². The first-order valence-corrected chi connectivity index (χ1v) is 7.27. The highest BCUT2D eigenvalue weighted by Gasteiger charge is 2.24. The van der Waals surface area contributed by atoms with Crippen LogP contribution in [-0.2, 0) is 11.2 Å². The zero-order valence-corrected chi connectivity index (χ0v) is 11.5. The fraction of sp³-hybridized carbons (Fsp3) is 0.500. The number of hydrogen-bond acceptors (Lipinski definition) is 3. The van der Waals surface area contributed by atoms with Crippen LogP contribution in [0.15, 0.2) is 18.2 Å². The van der Waals surface area contributed by atoms with Crippen molar-refractivity contribution in [3.8, 4) is 0 Å². The van der Waals surface area contributed by atoms with Gasteiger partial charge in [-0.3, -0.25) is 9.59 Å². The summed E-state index contributed by atoms with van der Waals surface area (Å²) in [6.45, 7) is 2.32. The van der Waals surface area contributed by atoms with Crippen molar-refractivity contribution in [1.82, 2.24) is 5.32 Å². The van der Waals surface area contributed by atoms with E-state index in [9.17, 15) is 9.59 Å². The quantitative estimate of drug-likeness (QED) is 0.912. The largest absolute Gasteiger partial charge is 0.381 e. The molecule has 1 N–H and O–H groups in total. The van der Waals surface area contributed by atoms with Crippen LogP contribution in [0, 0.1) is 5.92 Å². The summed E-state index contributed by atoms with van der Waals surface area (Å²) >= 11 is 0. The molecule has 1 fully saturated rings. The molecule has 1 aromatic carbocycles. The minimum atomic E-state index is -0.0598.